The molecule has 0 spiro atoms. The number of hydrogen-bond acceptors (Lipinski definition) is 4. The van der Waals surface area contributed by atoms with Crippen LogP contribution in [-0.4, -0.2) is 17.0 Å². The average Bonchev–Trinajstić information content (AvgIpc) is 2.76. The van der Waals surface area contributed by atoms with Gasteiger partial charge in [-0.2, -0.15) is 0 Å². The molecule has 2 aromatic rings. The molecule has 110 valence electrons. The van der Waals surface area contributed by atoms with E-state index in [1.54, 1.807) is 25.3 Å². The van der Waals surface area contributed by atoms with Crippen molar-refractivity contribution in [3.05, 3.63) is 35.1 Å². The van der Waals surface area contributed by atoms with Crippen LogP contribution in [0.2, 0.25) is 0 Å². The summed E-state index contributed by atoms with van der Waals surface area (Å²) in [6.45, 7) is 6.39. The van der Waals surface area contributed by atoms with Gasteiger partial charge in [-0.3, -0.25) is 4.79 Å². The van der Waals surface area contributed by atoms with Gasteiger partial charge in [0, 0.05) is 29.5 Å². The van der Waals surface area contributed by atoms with Crippen LogP contribution in [0, 0.1) is 6.92 Å². The number of fused-ring (bicyclic) bond motifs is 1. The molecule has 0 saturated heterocycles. The standard InChI is InChI=1S/C16H16O5/c1-8-7-20-14-6-15(21-11(4)17)13(5-12(8)14)9(2)10(3)16(18)19/h5-7H,1-4H3,(H,18,19). The molecule has 5 nitrogen and oxygen atoms in total. The number of ether oxygens (including phenoxy) is 1. The largest absolute Gasteiger partial charge is 0.478 e. The first-order valence-electron chi connectivity index (χ1n) is 6.42. The van der Waals surface area contributed by atoms with E-state index >= 15 is 0 Å². The number of carboxylic acid groups (broad SMARTS) is 1. The normalized spacial score (nSPS) is 12.2. The Bertz CT molecular complexity index is 764. The molecule has 0 saturated carbocycles. The zero-order valence-electron chi connectivity index (χ0n) is 12.3. The lowest BCUT2D eigenvalue weighted by Crippen LogP contribution is -2.05. The highest BCUT2D eigenvalue weighted by atomic mass is 16.5. The van der Waals surface area contributed by atoms with Gasteiger partial charge in [0.05, 0.1) is 6.26 Å². The minimum absolute atomic E-state index is 0.198. The van der Waals surface area contributed by atoms with Crippen molar-refractivity contribution in [3.63, 3.8) is 0 Å². The Hall–Kier alpha value is -2.56. The van der Waals surface area contributed by atoms with Gasteiger partial charge in [-0.05, 0) is 38.0 Å². The number of aliphatic carboxylic acids is 1. The maximum Gasteiger partial charge on any atom is 0.331 e. The molecule has 0 aliphatic rings. The van der Waals surface area contributed by atoms with Gasteiger partial charge in [0.25, 0.3) is 0 Å². The third-order valence-electron chi connectivity index (χ3n) is 3.41. The van der Waals surface area contributed by atoms with Crippen LogP contribution in [0.15, 0.2) is 28.4 Å². The molecule has 0 atom stereocenters. The molecule has 1 N–H and O–H groups in total. The molecule has 0 radical (unpaired) electrons. The maximum atomic E-state index is 11.2. The van der Waals surface area contributed by atoms with Crippen LogP contribution in [0.5, 0.6) is 5.75 Å². The summed E-state index contributed by atoms with van der Waals surface area (Å²) >= 11 is 0. The highest BCUT2D eigenvalue weighted by Crippen LogP contribution is 2.34. The highest BCUT2D eigenvalue weighted by molar-refractivity contribution is 5.98. The van der Waals surface area contributed by atoms with Crippen LogP contribution in [0.4, 0.5) is 0 Å². The van der Waals surface area contributed by atoms with E-state index in [-0.39, 0.29) is 5.57 Å². The van der Waals surface area contributed by atoms with Gasteiger partial charge >= 0.3 is 11.9 Å². The van der Waals surface area contributed by atoms with E-state index in [0.29, 0.717) is 22.5 Å². The Morgan fingerprint density at radius 2 is 1.86 bits per heavy atom. The van der Waals surface area contributed by atoms with Crippen molar-refractivity contribution < 1.29 is 23.8 Å². The zero-order chi connectivity index (χ0) is 15.7. The van der Waals surface area contributed by atoms with Gasteiger partial charge in [-0.1, -0.05) is 0 Å². The number of esters is 1. The smallest absolute Gasteiger partial charge is 0.331 e. The van der Waals surface area contributed by atoms with Crippen molar-refractivity contribution in [3.8, 4) is 5.75 Å². The number of carbonyl (C=O) groups excluding carboxylic acids is 1. The number of rotatable bonds is 3. The summed E-state index contributed by atoms with van der Waals surface area (Å²) in [5.41, 5.74) is 2.84. The van der Waals surface area contributed by atoms with E-state index in [1.807, 2.05) is 6.92 Å². The van der Waals surface area contributed by atoms with Crippen molar-refractivity contribution in [1.29, 1.82) is 0 Å². The molecule has 5 heteroatoms. The maximum absolute atomic E-state index is 11.2. The summed E-state index contributed by atoms with van der Waals surface area (Å²) in [4.78, 5) is 22.4. The fourth-order valence-corrected chi connectivity index (χ4v) is 2.08. The van der Waals surface area contributed by atoms with E-state index in [4.69, 9.17) is 14.3 Å². The van der Waals surface area contributed by atoms with Crippen LogP contribution in [-0.2, 0) is 9.59 Å². The molecule has 1 heterocycles. The summed E-state index contributed by atoms with van der Waals surface area (Å²) in [5.74, 6) is -1.19. The molecule has 1 aromatic heterocycles. The minimum atomic E-state index is -1.01. The molecule has 0 amide bonds. The van der Waals surface area contributed by atoms with Gasteiger partial charge in [-0.25, -0.2) is 4.79 Å². The van der Waals surface area contributed by atoms with E-state index in [1.165, 1.54) is 13.8 Å². The number of furan rings is 1. The Balaban J connectivity index is 2.74. The van der Waals surface area contributed by atoms with E-state index in [2.05, 4.69) is 0 Å². The van der Waals surface area contributed by atoms with Crippen LogP contribution < -0.4 is 4.74 Å². The number of aryl methyl sites for hydroxylation is 1. The van der Waals surface area contributed by atoms with Crippen molar-refractivity contribution in [2.24, 2.45) is 0 Å². The SMILES string of the molecule is CC(=O)Oc1cc2occ(C)c2cc1C(C)=C(C)C(=O)O. The first-order valence-corrected chi connectivity index (χ1v) is 6.42. The molecule has 1 aromatic carbocycles. The second-order valence-electron chi connectivity index (χ2n) is 4.91. The average molecular weight is 288 g/mol. The molecule has 2 rings (SSSR count). The minimum Gasteiger partial charge on any atom is -0.478 e. The van der Waals surface area contributed by atoms with Crippen LogP contribution in [0.25, 0.3) is 16.5 Å². The van der Waals surface area contributed by atoms with E-state index in [9.17, 15) is 9.59 Å². The van der Waals surface area contributed by atoms with Gasteiger partial charge in [0.1, 0.15) is 11.3 Å². The number of carbonyl (C=O) groups is 2. The molecule has 21 heavy (non-hydrogen) atoms. The summed E-state index contributed by atoms with van der Waals surface area (Å²) in [6.07, 6.45) is 1.61. The molecule has 0 aliphatic heterocycles. The Morgan fingerprint density at radius 1 is 1.19 bits per heavy atom. The van der Waals surface area contributed by atoms with Crippen LogP contribution in [0.1, 0.15) is 31.9 Å². The Labute approximate surface area is 121 Å². The van der Waals surface area contributed by atoms with Crippen molar-refractivity contribution in [2.75, 3.05) is 0 Å². The predicted molar refractivity (Wildman–Crippen MR) is 78.2 cm³/mol. The Kier molecular flexibility index (Phi) is 3.84. The second-order valence-corrected chi connectivity index (χ2v) is 4.91. The number of hydrogen-bond donors (Lipinski definition) is 1. The van der Waals surface area contributed by atoms with E-state index in [0.717, 1.165) is 10.9 Å². The molecule has 0 unspecified atom stereocenters. The third-order valence-corrected chi connectivity index (χ3v) is 3.41. The fraction of sp³-hybridized carbons (Fsp3) is 0.250. The predicted octanol–water partition coefficient (Wildman–Crippen LogP) is 3.54. The Morgan fingerprint density at radius 3 is 2.43 bits per heavy atom. The quantitative estimate of drug-likeness (QED) is 0.531. The van der Waals surface area contributed by atoms with E-state index < -0.39 is 11.9 Å². The van der Waals surface area contributed by atoms with Crippen molar-refractivity contribution in [1.82, 2.24) is 0 Å². The number of allylic oxidation sites excluding steroid dienone is 1. The summed E-state index contributed by atoms with van der Waals surface area (Å²) in [7, 11) is 0. The lowest BCUT2D eigenvalue weighted by Gasteiger charge is -2.11. The highest BCUT2D eigenvalue weighted by Gasteiger charge is 2.16. The summed E-state index contributed by atoms with van der Waals surface area (Å²) < 4.78 is 10.6. The number of carboxylic acids is 1. The summed E-state index contributed by atoms with van der Waals surface area (Å²) in [6, 6.07) is 3.39. The molecular formula is C16H16O5. The number of benzene rings is 1. The fourth-order valence-electron chi connectivity index (χ4n) is 2.08. The lowest BCUT2D eigenvalue weighted by molar-refractivity contribution is -0.133. The van der Waals surface area contributed by atoms with Crippen molar-refractivity contribution in [2.45, 2.75) is 27.7 Å². The van der Waals surface area contributed by atoms with Crippen molar-refractivity contribution >= 4 is 28.5 Å². The second kappa shape index (κ2) is 5.44. The van der Waals surface area contributed by atoms with Gasteiger partial charge < -0.3 is 14.3 Å². The summed E-state index contributed by atoms with van der Waals surface area (Å²) in [5, 5.41) is 9.99. The molecular weight excluding hydrogens is 272 g/mol. The third kappa shape index (κ3) is 2.81. The molecule has 0 fully saturated rings. The molecule has 0 bridgehead atoms. The van der Waals surface area contributed by atoms with Crippen LogP contribution in [0.3, 0.4) is 0 Å². The first kappa shape index (κ1) is 14.8. The van der Waals surface area contributed by atoms with Gasteiger partial charge in [0.15, 0.2) is 0 Å². The topological polar surface area (TPSA) is 76.7 Å². The van der Waals surface area contributed by atoms with Crippen LogP contribution >= 0.6 is 0 Å². The zero-order valence-corrected chi connectivity index (χ0v) is 12.3. The monoisotopic (exact) mass is 288 g/mol. The first-order chi connectivity index (χ1) is 9.81. The van der Waals surface area contributed by atoms with Gasteiger partial charge in [0.2, 0.25) is 0 Å². The van der Waals surface area contributed by atoms with Gasteiger partial charge in [-0.15, -0.1) is 0 Å². The lowest BCUT2D eigenvalue weighted by atomic mass is 9.99. The molecule has 0 aliphatic carbocycles.